The summed E-state index contributed by atoms with van der Waals surface area (Å²) in [4.78, 5) is 0. The van der Waals surface area contributed by atoms with E-state index in [1.165, 1.54) is 0 Å². The minimum Gasteiger partial charge on any atom is -0.366 e. The molecule has 0 radical (unpaired) electrons. The van der Waals surface area contributed by atoms with Crippen molar-refractivity contribution in [2.24, 2.45) is 0 Å². The van der Waals surface area contributed by atoms with Crippen molar-refractivity contribution in [1.82, 2.24) is 9.78 Å². The maximum absolute atomic E-state index is 9.30. The topological polar surface area (TPSA) is 53.6 Å². The van der Waals surface area contributed by atoms with Crippen LogP contribution in [0.4, 0.5) is 5.69 Å². The van der Waals surface area contributed by atoms with Gasteiger partial charge < -0.3 is 5.32 Å². The van der Waals surface area contributed by atoms with E-state index in [9.17, 15) is 5.26 Å². The van der Waals surface area contributed by atoms with Gasteiger partial charge in [0.2, 0.25) is 0 Å². The Hall–Kier alpha value is -1.80. The molecule has 1 N–H and O–H groups in total. The first-order chi connectivity index (χ1) is 9.10. The van der Waals surface area contributed by atoms with Gasteiger partial charge in [0, 0.05) is 28.0 Å². The molecular formula is C14H15BrN4. The number of nitrogens with zero attached hydrogens (tertiary/aromatic N) is 3. The summed E-state index contributed by atoms with van der Waals surface area (Å²) < 4.78 is 2.83. The van der Waals surface area contributed by atoms with Crippen LogP contribution in [0.5, 0.6) is 0 Å². The molecule has 4 nitrogen and oxygen atoms in total. The number of hydrogen-bond acceptors (Lipinski definition) is 3. The minimum atomic E-state index is -0.401. The van der Waals surface area contributed by atoms with Crippen molar-refractivity contribution in [3.63, 3.8) is 0 Å². The fraction of sp³-hybridized carbons (Fsp3) is 0.286. The summed E-state index contributed by atoms with van der Waals surface area (Å²) in [6.07, 6.45) is 3.64. The van der Waals surface area contributed by atoms with E-state index >= 15 is 0 Å². The zero-order valence-electron chi connectivity index (χ0n) is 10.8. The van der Waals surface area contributed by atoms with Crippen LogP contribution in [0.1, 0.15) is 31.5 Å². The zero-order chi connectivity index (χ0) is 13.8. The lowest BCUT2D eigenvalue weighted by Gasteiger charge is -2.11. The molecular weight excluding hydrogens is 304 g/mol. The maximum atomic E-state index is 9.30. The Labute approximate surface area is 121 Å². The van der Waals surface area contributed by atoms with Gasteiger partial charge >= 0.3 is 0 Å². The first-order valence-corrected chi connectivity index (χ1v) is 6.85. The Morgan fingerprint density at radius 1 is 1.42 bits per heavy atom. The van der Waals surface area contributed by atoms with E-state index < -0.39 is 6.04 Å². The van der Waals surface area contributed by atoms with Crippen molar-refractivity contribution in [2.45, 2.75) is 25.9 Å². The Bertz CT molecular complexity index is 597. The number of hydrogen-bond donors (Lipinski definition) is 1. The summed E-state index contributed by atoms with van der Waals surface area (Å²) >= 11 is 3.41. The molecule has 2 aromatic rings. The van der Waals surface area contributed by atoms with Gasteiger partial charge in [-0.25, -0.2) is 0 Å². The van der Waals surface area contributed by atoms with Gasteiger partial charge in [-0.2, -0.15) is 10.4 Å². The van der Waals surface area contributed by atoms with Gasteiger partial charge in [-0.15, -0.1) is 0 Å². The van der Waals surface area contributed by atoms with E-state index in [0.29, 0.717) is 6.04 Å². The molecule has 2 rings (SSSR count). The van der Waals surface area contributed by atoms with Crippen LogP contribution in [0.3, 0.4) is 0 Å². The van der Waals surface area contributed by atoms with E-state index in [-0.39, 0.29) is 0 Å². The number of halogens is 1. The largest absolute Gasteiger partial charge is 0.366 e. The monoisotopic (exact) mass is 318 g/mol. The second-order valence-corrected chi connectivity index (χ2v) is 5.48. The second-order valence-electron chi connectivity index (χ2n) is 4.56. The highest BCUT2D eigenvalue weighted by atomic mass is 79.9. The van der Waals surface area contributed by atoms with E-state index in [0.717, 1.165) is 15.7 Å². The Morgan fingerprint density at radius 2 is 2.21 bits per heavy atom. The number of nitrogens with one attached hydrogen (secondary N) is 1. The molecule has 1 atom stereocenters. The van der Waals surface area contributed by atoms with Gasteiger partial charge in [0.25, 0.3) is 0 Å². The quantitative estimate of drug-likeness (QED) is 0.930. The van der Waals surface area contributed by atoms with Crippen molar-refractivity contribution in [2.75, 3.05) is 5.32 Å². The summed E-state index contributed by atoms with van der Waals surface area (Å²) in [5.74, 6) is 0. The number of nitriles is 1. The fourth-order valence-corrected chi connectivity index (χ4v) is 2.12. The second kappa shape index (κ2) is 5.89. The maximum Gasteiger partial charge on any atom is 0.143 e. The Balaban J connectivity index is 2.18. The number of benzene rings is 1. The molecule has 1 aromatic carbocycles. The SMILES string of the molecule is CC(C)n1cc(C(C#N)Nc2cccc(Br)c2)cn1. The summed E-state index contributed by atoms with van der Waals surface area (Å²) in [7, 11) is 0. The molecule has 5 heteroatoms. The molecule has 0 saturated carbocycles. The predicted octanol–water partition coefficient (Wildman–Crippen LogP) is 3.90. The van der Waals surface area contributed by atoms with E-state index in [1.54, 1.807) is 6.20 Å². The van der Waals surface area contributed by atoms with Crippen molar-refractivity contribution >= 4 is 21.6 Å². The van der Waals surface area contributed by atoms with Crippen LogP contribution in [0.15, 0.2) is 41.1 Å². The average molecular weight is 319 g/mol. The molecule has 1 heterocycles. The van der Waals surface area contributed by atoms with Gasteiger partial charge in [0.05, 0.1) is 12.3 Å². The smallest absolute Gasteiger partial charge is 0.143 e. The highest BCUT2D eigenvalue weighted by Gasteiger charge is 2.13. The number of aromatic nitrogens is 2. The third-order valence-corrected chi connectivity index (χ3v) is 3.24. The summed E-state index contributed by atoms with van der Waals surface area (Å²) in [6.45, 7) is 4.11. The van der Waals surface area contributed by atoms with Crippen LogP contribution in [0, 0.1) is 11.3 Å². The van der Waals surface area contributed by atoms with Gasteiger partial charge in [0.1, 0.15) is 6.04 Å². The molecule has 0 aliphatic rings. The first kappa shape index (κ1) is 13.6. The summed E-state index contributed by atoms with van der Waals surface area (Å²) in [6, 6.07) is 9.90. The van der Waals surface area contributed by atoms with Crippen molar-refractivity contribution < 1.29 is 0 Å². The van der Waals surface area contributed by atoms with Gasteiger partial charge in [0.15, 0.2) is 0 Å². The molecule has 98 valence electrons. The number of rotatable bonds is 4. The van der Waals surface area contributed by atoms with Crippen LogP contribution in [-0.4, -0.2) is 9.78 Å². The third kappa shape index (κ3) is 3.36. The van der Waals surface area contributed by atoms with Crippen LogP contribution in [-0.2, 0) is 0 Å². The van der Waals surface area contributed by atoms with Crippen molar-refractivity contribution in [3.8, 4) is 6.07 Å². The Kier molecular flexibility index (Phi) is 4.23. The van der Waals surface area contributed by atoms with Crippen LogP contribution < -0.4 is 5.32 Å². The van der Waals surface area contributed by atoms with Crippen LogP contribution in [0.25, 0.3) is 0 Å². The molecule has 0 aliphatic heterocycles. The fourth-order valence-electron chi connectivity index (χ4n) is 1.72. The molecule has 0 aliphatic carbocycles. The van der Waals surface area contributed by atoms with Crippen molar-refractivity contribution in [3.05, 3.63) is 46.7 Å². The average Bonchev–Trinajstić information content (AvgIpc) is 2.85. The number of anilines is 1. The summed E-state index contributed by atoms with van der Waals surface area (Å²) in [5, 5.41) is 16.8. The minimum absolute atomic E-state index is 0.291. The first-order valence-electron chi connectivity index (χ1n) is 6.06. The molecule has 0 fully saturated rings. The zero-order valence-corrected chi connectivity index (χ0v) is 12.4. The third-order valence-electron chi connectivity index (χ3n) is 2.75. The Morgan fingerprint density at radius 3 is 2.79 bits per heavy atom. The van der Waals surface area contributed by atoms with E-state index in [4.69, 9.17) is 0 Å². The van der Waals surface area contributed by atoms with E-state index in [2.05, 4.69) is 46.3 Å². The van der Waals surface area contributed by atoms with Crippen LogP contribution in [0.2, 0.25) is 0 Å². The normalized spacial score (nSPS) is 12.2. The molecule has 19 heavy (non-hydrogen) atoms. The predicted molar refractivity (Wildman–Crippen MR) is 78.7 cm³/mol. The van der Waals surface area contributed by atoms with Gasteiger partial charge in [-0.05, 0) is 32.0 Å². The molecule has 0 bridgehead atoms. The summed E-state index contributed by atoms with van der Waals surface area (Å²) in [5.41, 5.74) is 1.77. The molecule has 1 aromatic heterocycles. The molecule has 1 unspecified atom stereocenters. The van der Waals surface area contributed by atoms with Gasteiger partial charge in [-0.1, -0.05) is 22.0 Å². The van der Waals surface area contributed by atoms with Gasteiger partial charge in [-0.3, -0.25) is 4.68 Å². The van der Waals surface area contributed by atoms with Crippen LogP contribution >= 0.6 is 15.9 Å². The molecule has 0 amide bonds. The lowest BCUT2D eigenvalue weighted by atomic mass is 10.1. The highest BCUT2D eigenvalue weighted by Crippen LogP contribution is 2.22. The lowest BCUT2D eigenvalue weighted by molar-refractivity contribution is 0.532. The standard InChI is InChI=1S/C14H15BrN4/c1-10(2)19-9-11(8-17-19)14(7-16)18-13-5-3-4-12(15)6-13/h3-6,8-10,14,18H,1-2H3. The van der Waals surface area contributed by atoms with Crippen molar-refractivity contribution in [1.29, 1.82) is 5.26 Å². The molecule has 0 spiro atoms. The van der Waals surface area contributed by atoms with E-state index in [1.807, 2.05) is 35.1 Å². The lowest BCUT2D eigenvalue weighted by Crippen LogP contribution is -2.08. The molecule has 0 saturated heterocycles. The highest BCUT2D eigenvalue weighted by molar-refractivity contribution is 9.10.